The number of rotatable bonds is 5. The van der Waals surface area contributed by atoms with Gasteiger partial charge in [0.1, 0.15) is 0 Å². The van der Waals surface area contributed by atoms with Crippen LogP contribution in [-0.2, 0) is 16.4 Å². The lowest BCUT2D eigenvalue weighted by molar-refractivity contribution is 0.566. The molecule has 0 amide bonds. The number of hydrogen-bond donors (Lipinski definition) is 1. The van der Waals surface area contributed by atoms with E-state index in [2.05, 4.69) is 11.6 Å². The van der Waals surface area contributed by atoms with Crippen molar-refractivity contribution in [1.82, 2.24) is 4.72 Å². The minimum Gasteiger partial charge on any atom is -0.207 e. The Morgan fingerprint density at radius 3 is 2.27 bits per heavy atom. The molecule has 2 rings (SSSR count). The molecule has 0 aromatic heterocycles. The lowest BCUT2D eigenvalue weighted by atomic mass is 10.1. The highest BCUT2D eigenvalue weighted by Crippen LogP contribution is 2.21. The molecule has 2 aromatic carbocycles. The van der Waals surface area contributed by atoms with Crippen LogP contribution in [0.3, 0.4) is 0 Å². The van der Waals surface area contributed by atoms with E-state index in [4.69, 9.17) is 0 Å². The van der Waals surface area contributed by atoms with Crippen molar-refractivity contribution in [3.8, 4) is 0 Å². The minimum atomic E-state index is -3.53. The molecule has 22 heavy (non-hydrogen) atoms. The van der Waals surface area contributed by atoms with E-state index < -0.39 is 10.0 Å². The highest BCUT2D eigenvalue weighted by molar-refractivity contribution is 7.89. The summed E-state index contributed by atoms with van der Waals surface area (Å²) in [4.78, 5) is 0.351. The van der Waals surface area contributed by atoms with E-state index in [0.717, 1.165) is 23.1 Å². The molecule has 0 aliphatic rings. The van der Waals surface area contributed by atoms with Gasteiger partial charge in [0.25, 0.3) is 0 Å². The average molecular weight is 317 g/mol. The van der Waals surface area contributed by atoms with Crippen LogP contribution in [0.15, 0.2) is 47.4 Å². The molecule has 3 nitrogen and oxygen atoms in total. The second-order valence-corrected chi connectivity index (χ2v) is 7.39. The molecule has 1 N–H and O–H groups in total. The van der Waals surface area contributed by atoms with E-state index in [9.17, 15) is 8.42 Å². The quantitative estimate of drug-likeness (QED) is 0.909. The molecule has 2 aromatic rings. The molecule has 118 valence electrons. The summed E-state index contributed by atoms with van der Waals surface area (Å²) in [7, 11) is -3.53. The second-order valence-electron chi connectivity index (χ2n) is 5.71. The predicted molar refractivity (Wildman–Crippen MR) is 90.5 cm³/mol. The summed E-state index contributed by atoms with van der Waals surface area (Å²) < 4.78 is 28.0. The smallest absolute Gasteiger partial charge is 0.207 e. The zero-order valence-corrected chi connectivity index (χ0v) is 14.4. The van der Waals surface area contributed by atoms with E-state index >= 15 is 0 Å². The summed E-state index contributed by atoms with van der Waals surface area (Å²) in [5, 5.41) is 0. The van der Waals surface area contributed by atoms with Crippen LogP contribution in [0.5, 0.6) is 0 Å². The molecule has 4 heteroatoms. The first-order valence-corrected chi connectivity index (χ1v) is 9.00. The first-order chi connectivity index (χ1) is 10.3. The molecule has 0 unspecified atom stereocenters. The van der Waals surface area contributed by atoms with Crippen molar-refractivity contribution in [3.05, 3.63) is 64.7 Å². The molecule has 0 heterocycles. The van der Waals surface area contributed by atoms with Gasteiger partial charge in [0, 0.05) is 6.04 Å². The Bertz CT molecular complexity index is 749. The van der Waals surface area contributed by atoms with Crippen LogP contribution in [0, 0.1) is 13.8 Å². The van der Waals surface area contributed by atoms with Crippen LogP contribution in [0.25, 0.3) is 0 Å². The van der Waals surface area contributed by atoms with Gasteiger partial charge in [-0.1, -0.05) is 43.3 Å². The Morgan fingerprint density at radius 2 is 1.68 bits per heavy atom. The Balaban J connectivity index is 2.25. The summed E-state index contributed by atoms with van der Waals surface area (Å²) in [5.74, 6) is 0. The van der Waals surface area contributed by atoms with E-state index in [1.165, 1.54) is 5.56 Å². The molecule has 0 radical (unpaired) electrons. The molecule has 0 saturated carbocycles. The van der Waals surface area contributed by atoms with Gasteiger partial charge in [-0.2, -0.15) is 0 Å². The van der Waals surface area contributed by atoms with E-state index in [1.807, 2.05) is 57.2 Å². The van der Waals surface area contributed by atoms with Crippen molar-refractivity contribution in [2.75, 3.05) is 0 Å². The molecule has 0 bridgehead atoms. The fraction of sp³-hybridized carbons (Fsp3) is 0.333. The van der Waals surface area contributed by atoms with Crippen LogP contribution in [0.4, 0.5) is 0 Å². The summed E-state index contributed by atoms with van der Waals surface area (Å²) in [6, 6.07) is 13.2. The fourth-order valence-electron chi connectivity index (χ4n) is 2.40. The number of sulfonamides is 1. The Kier molecular flexibility index (Phi) is 5.04. The van der Waals surface area contributed by atoms with Crippen molar-refractivity contribution >= 4 is 10.0 Å². The second kappa shape index (κ2) is 6.63. The first-order valence-electron chi connectivity index (χ1n) is 7.52. The molecule has 0 spiro atoms. The predicted octanol–water partition coefficient (Wildman–Crippen LogP) is 3.91. The van der Waals surface area contributed by atoms with Crippen LogP contribution < -0.4 is 4.72 Å². The van der Waals surface area contributed by atoms with Crippen LogP contribution in [0.1, 0.15) is 42.1 Å². The van der Waals surface area contributed by atoms with Gasteiger partial charge in [-0.25, -0.2) is 13.1 Å². The third-order valence-corrected chi connectivity index (χ3v) is 5.54. The Labute approximate surface area is 133 Å². The van der Waals surface area contributed by atoms with E-state index in [1.54, 1.807) is 6.07 Å². The van der Waals surface area contributed by atoms with Gasteiger partial charge in [-0.05, 0) is 55.5 Å². The molecule has 0 saturated heterocycles. The van der Waals surface area contributed by atoms with Crippen molar-refractivity contribution < 1.29 is 8.42 Å². The van der Waals surface area contributed by atoms with Gasteiger partial charge in [-0.3, -0.25) is 0 Å². The third-order valence-electron chi connectivity index (χ3n) is 3.85. The summed E-state index contributed by atoms with van der Waals surface area (Å²) in [5.41, 5.74) is 3.90. The topological polar surface area (TPSA) is 46.2 Å². The SMILES string of the molecule is CCc1ccc([C@@H](C)NS(=O)(=O)c2cc(C)ccc2C)cc1. The average Bonchev–Trinajstić information content (AvgIpc) is 2.49. The normalized spacial score (nSPS) is 13.1. The van der Waals surface area contributed by atoms with E-state index in [0.29, 0.717) is 4.90 Å². The highest BCUT2D eigenvalue weighted by Gasteiger charge is 2.20. The summed E-state index contributed by atoms with van der Waals surface area (Å²) in [6.45, 7) is 7.67. The van der Waals surface area contributed by atoms with Crippen molar-refractivity contribution in [2.45, 2.75) is 45.1 Å². The van der Waals surface area contributed by atoms with Crippen LogP contribution in [-0.4, -0.2) is 8.42 Å². The van der Waals surface area contributed by atoms with Gasteiger partial charge in [0.05, 0.1) is 4.90 Å². The van der Waals surface area contributed by atoms with Gasteiger partial charge in [0.2, 0.25) is 10.0 Å². The van der Waals surface area contributed by atoms with Crippen LogP contribution >= 0.6 is 0 Å². The third kappa shape index (κ3) is 3.76. The Morgan fingerprint density at radius 1 is 1.05 bits per heavy atom. The lowest BCUT2D eigenvalue weighted by Gasteiger charge is -2.16. The number of nitrogens with one attached hydrogen (secondary N) is 1. The van der Waals surface area contributed by atoms with Crippen molar-refractivity contribution in [3.63, 3.8) is 0 Å². The zero-order chi connectivity index (χ0) is 16.3. The van der Waals surface area contributed by atoms with E-state index in [-0.39, 0.29) is 6.04 Å². The Hall–Kier alpha value is -1.65. The largest absolute Gasteiger partial charge is 0.241 e. The molecular weight excluding hydrogens is 294 g/mol. The van der Waals surface area contributed by atoms with Gasteiger partial charge in [0.15, 0.2) is 0 Å². The zero-order valence-electron chi connectivity index (χ0n) is 13.6. The monoisotopic (exact) mass is 317 g/mol. The standard InChI is InChI=1S/C18H23NO2S/c1-5-16-8-10-17(11-9-16)15(4)19-22(20,21)18-12-13(2)6-7-14(18)3/h6-12,15,19H,5H2,1-4H3/t15-/m1/s1. The first kappa shape index (κ1) is 16.7. The molecule has 0 aliphatic carbocycles. The molecule has 0 fully saturated rings. The van der Waals surface area contributed by atoms with Crippen molar-refractivity contribution in [1.29, 1.82) is 0 Å². The molecule has 1 atom stereocenters. The maximum absolute atomic E-state index is 12.6. The maximum atomic E-state index is 12.6. The number of benzene rings is 2. The number of aryl methyl sites for hydroxylation is 3. The fourth-order valence-corrected chi connectivity index (χ4v) is 3.96. The highest BCUT2D eigenvalue weighted by atomic mass is 32.2. The number of hydrogen-bond acceptors (Lipinski definition) is 2. The molecular formula is C18H23NO2S. The van der Waals surface area contributed by atoms with Gasteiger partial charge >= 0.3 is 0 Å². The van der Waals surface area contributed by atoms with Crippen molar-refractivity contribution in [2.24, 2.45) is 0 Å². The molecule has 0 aliphatic heterocycles. The lowest BCUT2D eigenvalue weighted by Crippen LogP contribution is -2.27. The van der Waals surface area contributed by atoms with Gasteiger partial charge < -0.3 is 0 Å². The summed E-state index contributed by atoms with van der Waals surface area (Å²) >= 11 is 0. The van der Waals surface area contributed by atoms with Gasteiger partial charge in [-0.15, -0.1) is 0 Å². The maximum Gasteiger partial charge on any atom is 0.241 e. The minimum absolute atomic E-state index is 0.268. The summed E-state index contributed by atoms with van der Waals surface area (Å²) in [6.07, 6.45) is 0.975. The van der Waals surface area contributed by atoms with Crippen LogP contribution in [0.2, 0.25) is 0 Å².